The monoisotopic (exact) mass is 704 g/mol. The zero-order valence-electron chi connectivity index (χ0n) is 31.1. The van der Waals surface area contributed by atoms with Crippen molar-refractivity contribution in [2.45, 2.75) is 62.2 Å². The van der Waals surface area contributed by atoms with E-state index >= 15 is 0 Å². The van der Waals surface area contributed by atoms with Crippen LogP contribution in [0.15, 0.2) is 152 Å². The summed E-state index contributed by atoms with van der Waals surface area (Å²) in [7, 11) is 0. The van der Waals surface area contributed by atoms with Gasteiger partial charge in [0, 0.05) is 50.5 Å². The lowest BCUT2D eigenvalue weighted by Gasteiger charge is -2.45. The summed E-state index contributed by atoms with van der Waals surface area (Å²) in [4.78, 5) is 5.21. The van der Waals surface area contributed by atoms with Crippen molar-refractivity contribution >= 4 is 57.2 Å². The third-order valence-corrected chi connectivity index (χ3v) is 14.7. The van der Waals surface area contributed by atoms with Crippen molar-refractivity contribution in [1.29, 1.82) is 0 Å². The van der Waals surface area contributed by atoms with Crippen molar-refractivity contribution in [3.05, 3.63) is 174 Å². The summed E-state index contributed by atoms with van der Waals surface area (Å²) in [5.41, 5.74) is 24.0. The molecule has 262 valence electrons. The van der Waals surface area contributed by atoms with Gasteiger partial charge in [-0.05, 0) is 123 Å². The maximum Gasteiger partial charge on any atom is 0.252 e. The van der Waals surface area contributed by atoms with Crippen LogP contribution in [0.5, 0.6) is 0 Å². The Bertz CT molecular complexity index is 2750. The van der Waals surface area contributed by atoms with Gasteiger partial charge in [0.2, 0.25) is 0 Å². The fraction of sp³-hybridized carbons (Fsp3) is 0.192. The Hall–Kier alpha value is -5.80. The largest absolute Gasteiger partial charge is 0.311 e. The summed E-state index contributed by atoms with van der Waals surface area (Å²) in [6.07, 6.45) is 10.2. The van der Waals surface area contributed by atoms with Crippen LogP contribution < -0.4 is 26.2 Å². The molecule has 2 fully saturated rings. The number of hydrogen-bond acceptors (Lipinski definition) is 2. The molecule has 2 heterocycles. The molecule has 55 heavy (non-hydrogen) atoms. The van der Waals surface area contributed by atoms with E-state index in [0.29, 0.717) is 0 Å². The van der Waals surface area contributed by atoms with Gasteiger partial charge in [-0.3, -0.25) is 0 Å². The van der Waals surface area contributed by atoms with E-state index in [1.54, 1.807) is 5.56 Å². The summed E-state index contributed by atoms with van der Waals surface area (Å²) >= 11 is 0. The summed E-state index contributed by atoms with van der Waals surface area (Å²) in [5, 5.41) is 0. The fourth-order valence-electron chi connectivity index (χ4n) is 12.7. The van der Waals surface area contributed by atoms with Gasteiger partial charge in [0.15, 0.2) is 0 Å². The Morgan fingerprint density at radius 3 is 1.76 bits per heavy atom. The van der Waals surface area contributed by atoms with Crippen LogP contribution in [-0.2, 0) is 10.8 Å². The van der Waals surface area contributed by atoms with Crippen LogP contribution in [0.4, 0.5) is 34.1 Å². The fourth-order valence-corrected chi connectivity index (χ4v) is 12.7. The van der Waals surface area contributed by atoms with Gasteiger partial charge in [0.1, 0.15) is 0 Å². The van der Waals surface area contributed by atoms with Gasteiger partial charge in [-0.15, -0.1) is 0 Å². The zero-order valence-corrected chi connectivity index (χ0v) is 31.1. The molecule has 6 aliphatic rings. The predicted octanol–water partition coefficient (Wildman–Crippen LogP) is 11.5. The van der Waals surface area contributed by atoms with E-state index in [4.69, 9.17) is 0 Å². The van der Waals surface area contributed by atoms with E-state index in [9.17, 15) is 0 Å². The van der Waals surface area contributed by atoms with E-state index in [-0.39, 0.29) is 17.5 Å². The van der Waals surface area contributed by atoms with Crippen molar-refractivity contribution in [3.63, 3.8) is 0 Å². The Balaban J connectivity index is 1.08. The van der Waals surface area contributed by atoms with Gasteiger partial charge in [-0.25, -0.2) is 0 Å². The maximum absolute atomic E-state index is 2.63. The minimum Gasteiger partial charge on any atom is -0.311 e. The van der Waals surface area contributed by atoms with Crippen LogP contribution in [0, 0.1) is 0 Å². The molecule has 2 nitrogen and oxygen atoms in total. The van der Waals surface area contributed by atoms with Crippen LogP contribution in [0.3, 0.4) is 0 Å². The van der Waals surface area contributed by atoms with Gasteiger partial charge in [0.25, 0.3) is 6.71 Å². The normalized spacial score (nSPS) is 18.1. The van der Waals surface area contributed by atoms with Crippen LogP contribution in [-0.4, -0.2) is 6.71 Å². The molecule has 0 radical (unpaired) electrons. The van der Waals surface area contributed by atoms with E-state index < -0.39 is 0 Å². The lowest BCUT2D eigenvalue weighted by molar-refractivity contribution is 0.550. The molecule has 7 aromatic carbocycles. The molecular weight excluding hydrogens is 663 g/mol. The molecule has 0 bridgehead atoms. The number of benzene rings is 7. The number of fused-ring (bicyclic) bond motifs is 15. The molecule has 0 amide bonds. The van der Waals surface area contributed by atoms with Gasteiger partial charge in [-0.2, -0.15) is 0 Å². The summed E-state index contributed by atoms with van der Waals surface area (Å²) in [5.74, 6) is 0. The van der Waals surface area contributed by atoms with Crippen LogP contribution >= 0.6 is 0 Å². The summed E-state index contributed by atoms with van der Waals surface area (Å²) < 4.78 is 0. The lowest BCUT2D eigenvalue weighted by atomic mass is 9.33. The molecule has 3 heteroatoms. The van der Waals surface area contributed by atoms with E-state index in [1.807, 2.05) is 0 Å². The second kappa shape index (κ2) is 10.9. The van der Waals surface area contributed by atoms with E-state index in [2.05, 4.69) is 161 Å². The Kier molecular flexibility index (Phi) is 6.06. The molecular formula is C52H41BN2. The third kappa shape index (κ3) is 3.77. The predicted molar refractivity (Wildman–Crippen MR) is 230 cm³/mol. The van der Waals surface area contributed by atoms with Crippen molar-refractivity contribution < 1.29 is 0 Å². The number of hydrogen-bond donors (Lipinski definition) is 0. The smallest absolute Gasteiger partial charge is 0.252 e. The average Bonchev–Trinajstić information content (AvgIpc) is 4.05. The molecule has 2 aliphatic heterocycles. The quantitative estimate of drug-likeness (QED) is 0.165. The van der Waals surface area contributed by atoms with Crippen molar-refractivity contribution in [2.24, 2.45) is 0 Å². The highest BCUT2D eigenvalue weighted by molar-refractivity contribution is 7.00. The second-order valence-corrected chi connectivity index (χ2v) is 17.0. The first-order chi connectivity index (χ1) is 27.3. The van der Waals surface area contributed by atoms with E-state index in [1.165, 1.54) is 141 Å². The Morgan fingerprint density at radius 2 is 0.982 bits per heavy atom. The van der Waals surface area contributed by atoms with Crippen LogP contribution in [0.2, 0.25) is 0 Å². The van der Waals surface area contributed by atoms with Gasteiger partial charge in [-0.1, -0.05) is 135 Å². The number of rotatable bonds is 2. The third-order valence-electron chi connectivity index (χ3n) is 14.7. The Labute approximate surface area is 324 Å². The molecule has 2 saturated carbocycles. The maximum atomic E-state index is 2.63. The van der Waals surface area contributed by atoms with Crippen molar-refractivity contribution in [3.8, 4) is 22.3 Å². The minimum atomic E-state index is 0.107. The van der Waals surface area contributed by atoms with E-state index in [0.717, 1.165) is 0 Å². The highest BCUT2D eigenvalue weighted by Gasteiger charge is 2.51. The molecule has 0 saturated heterocycles. The summed E-state index contributed by atoms with van der Waals surface area (Å²) in [6, 6.07) is 58.7. The number of anilines is 6. The molecule has 0 atom stereocenters. The SMILES string of the molecule is c1ccc(N2c3cccc4c3B(c3ccccc3N4c3ccc4c(c3)-c3ccccc3C43CCCC3)c3ccc4c(c32)-c2ccccc2C42CCCC2)cc1. The first-order valence-electron chi connectivity index (χ1n) is 20.7. The molecule has 4 aliphatic carbocycles. The lowest BCUT2D eigenvalue weighted by Crippen LogP contribution is -2.61. The zero-order chi connectivity index (χ0) is 35.9. The molecule has 0 aromatic heterocycles. The standard InChI is InChI=1S/C52H41BN2/c1-2-15-34(16-3-1)55-47-24-14-23-46-49(47)53(44-28-27-42-48(50(44)55)37-18-5-7-20-40(37)52(42)31-12-13-32-52)43-21-8-9-22-45(43)54(46)35-25-26-41-38(33-35)36-17-4-6-19-39(36)51(41)29-10-11-30-51/h1-9,14-28,33H,10-13,29-32H2. The average molecular weight is 705 g/mol. The molecule has 0 N–H and O–H groups in total. The van der Waals surface area contributed by atoms with Crippen molar-refractivity contribution in [1.82, 2.24) is 0 Å². The summed E-state index contributed by atoms with van der Waals surface area (Å²) in [6.45, 7) is 0.114. The van der Waals surface area contributed by atoms with Crippen LogP contribution in [0.1, 0.15) is 73.6 Å². The second-order valence-electron chi connectivity index (χ2n) is 17.0. The Morgan fingerprint density at radius 1 is 0.400 bits per heavy atom. The van der Waals surface area contributed by atoms with Gasteiger partial charge < -0.3 is 9.80 Å². The van der Waals surface area contributed by atoms with Crippen LogP contribution in [0.25, 0.3) is 22.3 Å². The molecule has 2 spiro atoms. The number of nitrogens with zero attached hydrogens (tertiary/aromatic N) is 2. The molecule has 13 rings (SSSR count). The highest BCUT2D eigenvalue weighted by Crippen LogP contribution is 2.61. The first kappa shape index (κ1) is 30.5. The first-order valence-corrected chi connectivity index (χ1v) is 20.7. The van der Waals surface area contributed by atoms with Gasteiger partial charge in [0.05, 0.1) is 0 Å². The molecule has 7 aromatic rings. The van der Waals surface area contributed by atoms with Crippen molar-refractivity contribution in [2.75, 3.05) is 9.80 Å². The minimum absolute atomic E-state index is 0.107. The number of para-hydroxylation sites is 2. The van der Waals surface area contributed by atoms with Gasteiger partial charge >= 0.3 is 0 Å². The topological polar surface area (TPSA) is 6.48 Å². The molecule has 0 unspecified atom stereocenters. The highest BCUT2D eigenvalue weighted by atomic mass is 15.2.